The molecule has 23 nitrogen and oxygen atoms in total. The van der Waals surface area contributed by atoms with Crippen LogP contribution in [-0.2, 0) is 47.4 Å². The van der Waals surface area contributed by atoms with E-state index < -0.39 is 161 Å². The summed E-state index contributed by atoms with van der Waals surface area (Å²) in [5, 5.41) is 142. The molecule has 4 saturated carbocycles. The van der Waals surface area contributed by atoms with E-state index in [1.807, 2.05) is 0 Å². The van der Waals surface area contributed by atoms with Gasteiger partial charge in [0.15, 0.2) is 30.9 Å². The lowest BCUT2D eigenvalue weighted by Crippen LogP contribution is -2.68. The van der Waals surface area contributed by atoms with Crippen LogP contribution in [0.4, 0.5) is 0 Å². The molecule has 4 aliphatic carbocycles. The van der Waals surface area contributed by atoms with Crippen molar-refractivity contribution in [1.29, 1.82) is 0 Å². The normalized spacial score (nSPS) is 58.2. The third kappa shape index (κ3) is 9.49. The molecule has 32 atom stereocenters. The highest BCUT2D eigenvalue weighted by molar-refractivity contribution is 5.16. The zero-order valence-electron chi connectivity index (χ0n) is 42.0. The summed E-state index contributed by atoms with van der Waals surface area (Å²) in [7, 11) is 0. The predicted octanol–water partition coefficient (Wildman–Crippen LogP) is -3.30. The molecule has 73 heavy (non-hydrogen) atoms. The van der Waals surface area contributed by atoms with E-state index in [2.05, 4.69) is 27.7 Å². The minimum Gasteiger partial charge on any atom is -0.394 e. The summed E-state index contributed by atoms with van der Waals surface area (Å²) in [6.07, 6.45) is -26.7. The molecule has 420 valence electrons. The van der Waals surface area contributed by atoms with Crippen molar-refractivity contribution in [2.75, 3.05) is 33.0 Å². The molecule has 0 aromatic rings. The van der Waals surface area contributed by atoms with Gasteiger partial charge in [-0.15, -0.1) is 0 Å². The largest absolute Gasteiger partial charge is 0.394 e. The number of aliphatic hydroxyl groups is 13. The fourth-order valence-electron chi connectivity index (χ4n) is 16.0. The Bertz CT molecular complexity index is 1860. The lowest BCUT2D eigenvalue weighted by atomic mass is 9.44. The van der Waals surface area contributed by atoms with Crippen molar-refractivity contribution in [2.45, 2.75) is 226 Å². The number of aliphatic hydroxyl groups excluding tert-OH is 13. The SMILES string of the molecule is C[C@@H]1CC[C@@]2(OC1)O[C@H]1C[C@H]3[C@@H]4CC[C@H]5C[C@@H](O[C@@H]6O[C@H](CO)[C@H](O[C@@H]7[C@@H](O)[C@H](O[C@@H]8[C@@H](O[C@@H]9OC[C@@H](O)[C@H](O)[C@H]9O)[C@H](O)[C@@H](CO)O[C@H]8O)O[C@H](CO)[C@H]7O)[C@H](O)[C@H]6O)[C@H](O)C[C@]5(C)[C@H]4CC[C@@]3(C)[C@H]1[C@@H]2C. The van der Waals surface area contributed by atoms with Crippen LogP contribution in [0.2, 0.25) is 0 Å². The van der Waals surface area contributed by atoms with Crippen molar-refractivity contribution in [3.63, 3.8) is 0 Å². The van der Waals surface area contributed by atoms with Crippen molar-refractivity contribution < 1.29 is 114 Å². The van der Waals surface area contributed by atoms with Crippen LogP contribution in [-0.4, -0.2) is 240 Å². The lowest BCUT2D eigenvalue weighted by molar-refractivity contribution is -0.390. The molecular formula is C50H82O23. The van der Waals surface area contributed by atoms with E-state index in [1.54, 1.807) is 0 Å². The van der Waals surface area contributed by atoms with Crippen LogP contribution in [0.15, 0.2) is 0 Å². The van der Waals surface area contributed by atoms with E-state index in [0.29, 0.717) is 48.3 Å². The van der Waals surface area contributed by atoms with Crippen LogP contribution in [0.5, 0.6) is 0 Å². The molecular weight excluding hydrogens is 969 g/mol. The first-order valence-corrected chi connectivity index (χ1v) is 26.8. The second-order valence-electron chi connectivity index (χ2n) is 24.0. The van der Waals surface area contributed by atoms with Crippen LogP contribution in [0.25, 0.3) is 0 Å². The smallest absolute Gasteiger partial charge is 0.187 e. The van der Waals surface area contributed by atoms with Crippen LogP contribution in [0.3, 0.4) is 0 Å². The molecule has 0 radical (unpaired) electrons. The lowest BCUT2D eigenvalue weighted by Gasteiger charge is -2.62. The maximum Gasteiger partial charge on any atom is 0.187 e. The molecule has 10 rings (SSSR count). The van der Waals surface area contributed by atoms with Gasteiger partial charge in [0.2, 0.25) is 0 Å². The van der Waals surface area contributed by atoms with Crippen LogP contribution in [0, 0.1) is 52.3 Å². The predicted molar refractivity (Wildman–Crippen MR) is 244 cm³/mol. The summed E-state index contributed by atoms with van der Waals surface area (Å²) in [5.41, 5.74) is -0.0354. The summed E-state index contributed by atoms with van der Waals surface area (Å²) in [5.74, 6) is 2.40. The highest BCUT2D eigenvalue weighted by Gasteiger charge is 2.70. The van der Waals surface area contributed by atoms with Crippen LogP contribution in [0.1, 0.15) is 85.5 Å². The van der Waals surface area contributed by atoms with Gasteiger partial charge in [-0.05, 0) is 97.7 Å². The molecule has 13 N–H and O–H groups in total. The zero-order valence-corrected chi connectivity index (χ0v) is 42.0. The van der Waals surface area contributed by atoms with Gasteiger partial charge >= 0.3 is 0 Å². The molecule has 6 aliphatic heterocycles. The molecule has 0 amide bonds. The fourth-order valence-corrected chi connectivity index (χ4v) is 16.0. The van der Waals surface area contributed by atoms with Crippen LogP contribution >= 0.6 is 0 Å². The van der Waals surface area contributed by atoms with Crippen LogP contribution < -0.4 is 0 Å². The number of hydrogen-bond acceptors (Lipinski definition) is 23. The molecule has 6 heterocycles. The molecule has 0 aromatic carbocycles. The molecule has 0 aromatic heterocycles. The Hall–Kier alpha value is -0.920. The summed E-state index contributed by atoms with van der Waals surface area (Å²) < 4.78 is 59.9. The van der Waals surface area contributed by atoms with Crippen molar-refractivity contribution in [1.82, 2.24) is 0 Å². The monoisotopic (exact) mass is 1050 g/mol. The van der Waals surface area contributed by atoms with Gasteiger partial charge in [0.1, 0.15) is 91.6 Å². The number of fused-ring (bicyclic) bond motifs is 7. The molecule has 10 aliphatic rings. The van der Waals surface area contributed by atoms with Gasteiger partial charge in [-0.3, -0.25) is 0 Å². The van der Waals surface area contributed by atoms with Gasteiger partial charge < -0.3 is 114 Å². The highest BCUT2D eigenvalue weighted by Crippen LogP contribution is 2.71. The van der Waals surface area contributed by atoms with Crippen molar-refractivity contribution in [3.8, 4) is 0 Å². The second-order valence-corrected chi connectivity index (χ2v) is 24.0. The molecule has 0 unspecified atom stereocenters. The van der Waals surface area contributed by atoms with Gasteiger partial charge in [0.25, 0.3) is 0 Å². The highest BCUT2D eigenvalue weighted by atomic mass is 16.8. The van der Waals surface area contributed by atoms with Gasteiger partial charge in [0, 0.05) is 12.3 Å². The Morgan fingerprint density at radius 1 is 0.534 bits per heavy atom. The van der Waals surface area contributed by atoms with Gasteiger partial charge in [-0.25, -0.2) is 0 Å². The second kappa shape index (κ2) is 21.3. The third-order valence-electron chi connectivity index (χ3n) is 20.0. The zero-order chi connectivity index (χ0) is 52.2. The maximum atomic E-state index is 11.9. The third-order valence-corrected chi connectivity index (χ3v) is 20.0. The van der Waals surface area contributed by atoms with E-state index in [0.717, 1.165) is 51.6 Å². The Balaban J connectivity index is 0.783. The molecule has 6 saturated heterocycles. The number of ether oxygens (including phenoxy) is 10. The Labute approximate surface area is 424 Å². The summed E-state index contributed by atoms with van der Waals surface area (Å²) in [4.78, 5) is 0. The van der Waals surface area contributed by atoms with E-state index in [1.165, 1.54) is 0 Å². The first-order chi connectivity index (χ1) is 34.7. The maximum absolute atomic E-state index is 11.9. The van der Waals surface area contributed by atoms with E-state index >= 15 is 0 Å². The topological polar surface area (TPSA) is 355 Å². The Morgan fingerprint density at radius 3 is 1.89 bits per heavy atom. The van der Waals surface area contributed by atoms with E-state index in [-0.39, 0.29) is 22.9 Å². The van der Waals surface area contributed by atoms with Gasteiger partial charge in [0.05, 0.1) is 51.3 Å². The van der Waals surface area contributed by atoms with E-state index in [4.69, 9.17) is 47.4 Å². The summed E-state index contributed by atoms with van der Waals surface area (Å²) in [6.45, 7) is 7.11. The Kier molecular flexibility index (Phi) is 16.1. The van der Waals surface area contributed by atoms with Crippen molar-refractivity contribution in [3.05, 3.63) is 0 Å². The van der Waals surface area contributed by atoms with Gasteiger partial charge in [-0.1, -0.05) is 27.7 Å². The average Bonchev–Trinajstić information content (AvgIpc) is 3.81. The van der Waals surface area contributed by atoms with E-state index in [9.17, 15) is 66.4 Å². The Morgan fingerprint density at radius 2 is 1.19 bits per heavy atom. The minimum absolute atomic E-state index is 0.138. The quantitative estimate of drug-likeness (QED) is 0.0902. The molecule has 0 bridgehead atoms. The molecule has 23 heteroatoms. The summed E-state index contributed by atoms with van der Waals surface area (Å²) >= 11 is 0. The van der Waals surface area contributed by atoms with Crippen molar-refractivity contribution in [2.24, 2.45) is 52.3 Å². The number of rotatable bonds is 11. The van der Waals surface area contributed by atoms with Crippen molar-refractivity contribution >= 4 is 0 Å². The molecule has 10 fully saturated rings. The summed E-state index contributed by atoms with van der Waals surface area (Å²) in [6, 6.07) is 0. The fraction of sp³-hybridized carbons (Fsp3) is 1.00. The number of hydrogen-bond donors (Lipinski definition) is 13. The standard InChI is InChI=1S/C50H82O23/c1-19-7-10-50(65-17-19)20(2)32-28(73-50)12-24-22-6-5-21-11-27(25(54)13-49(21,4)23(22)8-9-48(24,32)3)67-46-38(61)36(59)40(31(16-53)69-46)70-41-34(57)30(15-52)68-47(39(41)62)72-43-42(35(58)29(14-51)66-44(43)63)71-45-37(60)33(56)26(55)18-64-45/h19-47,51-63H,5-18H2,1-4H3/t19-,20+,21+,22-,23+,24+,25-,26-,27-,28+,29-,30-,31-,32+,33+,34-,35-,36-,37-,38-,39-,40+,41+,42+,43-,44-,45+,46-,47+,48-,49+,50-/m1/s1. The molecule has 1 spiro atoms. The van der Waals surface area contributed by atoms with Gasteiger partial charge in [-0.2, -0.15) is 0 Å². The average molecular weight is 1050 g/mol. The first-order valence-electron chi connectivity index (χ1n) is 26.8. The minimum atomic E-state index is -2.05. The first kappa shape index (κ1) is 55.4.